The number of carbonyl (C=O) groups excluding carboxylic acids is 1. The number of anilines is 1. The number of ether oxygens (including phenoxy) is 1. The van der Waals surface area contributed by atoms with E-state index in [0.717, 1.165) is 53.9 Å². The molecule has 0 unspecified atom stereocenters. The summed E-state index contributed by atoms with van der Waals surface area (Å²) >= 11 is 0. The van der Waals surface area contributed by atoms with Gasteiger partial charge in [0, 0.05) is 73.3 Å². The van der Waals surface area contributed by atoms with Gasteiger partial charge in [-0.15, -0.1) is 0 Å². The smallest absolute Gasteiger partial charge is 0.252 e. The van der Waals surface area contributed by atoms with Crippen LogP contribution in [-0.4, -0.2) is 80.2 Å². The van der Waals surface area contributed by atoms with Gasteiger partial charge in [0.2, 0.25) is 0 Å². The van der Waals surface area contributed by atoms with Crippen molar-refractivity contribution in [1.82, 2.24) is 20.1 Å². The second-order valence-electron chi connectivity index (χ2n) is 12.8. The SMILES string of the molecule is COc1ccc(F)cc1[C@@H](NC(=O)c1cccc(-c2ccc(N3CCC(N4CCN(C)CC4)CC3)cc2)c1)c1cc2ccccc2[nH]1. The number of halogens is 1. The summed E-state index contributed by atoms with van der Waals surface area (Å²) in [6.07, 6.45) is 2.40. The van der Waals surface area contributed by atoms with E-state index in [4.69, 9.17) is 4.74 Å². The van der Waals surface area contributed by atoms with Crippen LogP contribution in [0.25, 0.3) is 22.0 Å². The predicted molar refractivity (Wildman–Crippen MR) is 187 cm³/mol. The molecule has 1 amide bonds. The maximum Gasteiger partial charge on any atom is 0.252 e. The zero-order chi connectivity index (χ0) is 32.3. The molecule has 2 aliphatic heterocycles. The second-order valence-corrected chi connectivity index (χ2v) is 12.8. The standard InChI is InChI=1S/C39H42FN5O2/c1-43-20-22-45(23-21-43)33-16-18-44(19-17-33)32-13-10-27(11-14-32)28-7-5-8-30(24-28)39(46)42-38(34-26-31(40)12-15-37(34)47-2)36-25-29-6-3-4-9-35(29)41-36/h3-15,24-26,33,38,41H,16-23H2,1-2H3,(H,42,46)/t38-/m1/s1. The van der Waals surface area contributed by atoms with Crippen LogP contribution in [0.1, 0.15) is 40.5 Å². The van der Waals surface area contributed by atoms with Crippen molar-refractivity contribution in [3.63, 3.8) is 0 Å². The highest BCUT2D eigenvalue weighted by Crippen LogP contribution is 2.33. The first-order valence-corrected chi connectivity index (χ1v) is 16.5. The summed E-state index contributed by atoms with van der Waals surface area (Å²) in [5, 5.41) is 4.16. The van der Waals surface area contributed by atoms with E-state index in [9.17, 15) is 9.18 Å². The molecule has 2 saturated heterocycles. The summed E-state index contributed by atoms with van der Waals surface area (Å²) in [6, 6.07) is 30.6. The number of nitrogens with zero attached hydrogens (tertiary/aromatic N) is 3. The number of para-hydroxylation sites is 1. The van der Waals surface area contributed by atoms with Gasteiger partial charge in [0.25, 0.3) is 5.91 Å². The third-order valence-corrected chi connectivity index (χ3v) is 9.85. The molecular weight excluding hydrogens is 589 g/mol. The molecule has 2 fully saturated rings. The van der Waals surface area contributed by atoms with Crippen LogP contribution in [0.4, 0.5) is 10.1 Å². The van der Waals surface area contributed by atoms with Crippen LogP contribution in [0.2, 0.25) is 0 Å². The topological polar surface area (TPSA) is 63.8 Å². The van der Waals surface area contributed by atoms with Crippen molar-refractivity contribution in [3.05, 3.63) is 120 Å². The van der Waals surface area contributed by atoms with Gasteiger partial charge in [0.05, 0.1) is 13.2 Å². The minimum Gasteiger partial charge on any atom is -0.496 e. The van der Waals surface area contributed by atoms with Gasteiger partial charge in [-0.2, -0.15) is 0 Å². The molecule has 5 aromatic rings. The molecular formula is C39H42FN5O2. The number of hydrogen-bond donors (Lipinski definition) is 2. The fourth-order valence-electron chi connectivity index (χ4n) is 7.10. The van der Waals surface area contributed by atoms with E-state index in [1.807, 2.05) is 54.6 Å². The number of benzene rings is 4. The van der Waals surface area contributed by atoms with Crippen molar-refractivity contribution in [1.29, 1.82) is 0 Å². The highest BCUT2D eigenvalue weighted by molar-refractivity contribution is 5.96. The summed E-state index contributed by atoms with van der Waals surface area (Å²) in [5.74, 6) is -0.171. The Morgan fingerprint density at radius 3 is 2.36 bits per heavy atom. The second kappa shape index (κ2) is 13.6. The minimum atomic E-state index is -0.663. The summed E-state index contributed by atoms with van der Waals surface area (Å²) in [5.41, 5.74) is 5.98. The molecule has 2 aliphatic rings. The molecule has 47 heavy (non-hydrogen) atoms. The first-order valence-electron chi connectivity index (χ1n) is 16.5. The molecule has 2 N–H and O–H groups in total. The molecule has 242 valence electrons. The van der Waals surface area contributed by atoms with Crippen molar-refractivity contribution < 1.29 is 13.9 Å². The molecule has 1 aromatic heterocycles. The summed E-state index contributed by atoms with van der Waals surface area (Å²) in [7, 11) is 3.76. The van der Waals surface area contributed by atoms with E-state index in [1.54, 1.807) is 13.2 Å². The van der Waals surface area contributed by atoms with Crippen molar-refractivity contribution in [2.24, 2.45) is 0 Å². The molecule has 3 heterocycles. The number of amides is 1. The number of piperazine rings is 1. The van der Waals surface area contributed by atoms with Crippen LogP contribution >= 0.6 is 0 Å². The van der Waals surface area contributed by atoms with Gasteiger partial charge in [-0.1, -0.05) is 42.5 Å². The summed E-state index contributed by atoms with van der Waals surface area (Å²) < 4.78 is 20.1. The quantitative estimate of drug-likeness (QED) is 0.199. The van der Waals surface area contributed by atoms with Crippen LogP contribution in [0.3, 0.4) is 0 Å². The fourth-order valence-corrected chi connectivity index (χ4v) is 7.10. The number of hydrogen-bond acceptors (Lipinski definition) is 5. The number of nitrogens with one attached hydrogen (secondary N) is 2. The van der Waals surface area contributed by atoms with Crippen molar-refractivity contribution in [2.45, 2.75) is 24.9 Å². The van der Waals surface area contributed by atoms with Gasteiger partial charge >= 0.3 is 0 Å². The van der Waals surface area contributed by atoms with E-state index in [-0.39, 0.29) is 5.91 Å². The number of methoxy groups -OCH3 is 1. The van der Waals surface area contributed by atoms with Gasteiger partial charge in [0.1, 0.15) is 11.6 Å². The molecule has 8 heteroatoms. The Balaban J connectivity index is 1.07. The van der Waals surface area contributed by atoms with Gasteiger partial charge in [-0.05, 0) is 91.0 Å². The minimum absolute atomic E-state index is 0.262. The molecule has 0 spiro atoms. The maximum absolute atomic E-state index is 14.5. The van der Waals surface area contributed by atoms with Crippen molar-refractivity contribution in [3.8, 4) is 16.9 Å². The molecule has 1 atom stereocenters. The van der Waals surface area contributed by atoms with Crippen LogP contribution in [0.15, 0.2) is 97.1 Å². The third kappa shape index (κ3) is 6.75. The molecule has 7 rings (SSSR count). The van der Waals surface area contributed by atoms with Crippen LogP contribution in [0, 0.1) is 5.82 Å². The molecule has 0 saturated carbocycles. The van der Waals surface area contributed by atoms with Crippen molar-refractivity contribution in [2.75, 3.05) is 58.3 Å². The zero-order valence-electron chi connectivity index (χ0n) is 27.1. The predicted octanol–water partition coefficient (Wildman–Crippen LogP) is 6.72. The number of rotatable bonds is 8. The van der Waals surface area contributed by atoms with Crippen LogP contribution < -0.4 is 15.0 Å². The van der Waals surface area contributed by atoms with Gasteiger partial charge < -0.3 is 24.8 Å². The zero-order valence-corrected chi connectivity index (χ0v) is 27.1. The van der Waals surface area contributed by atoms with E-state index >= 15 is 0 Å². The fraction of sp³-hybridized carbons (Fsp3) is 0.308. The first kappa shape index (κ1) is 31.0. The van der Waals surface area contributed by atoms with E-state index in [1.165, 1.54) is 43.8 Å². The molecule has 7 nitrogen and oxygen atoms in total. The molecule has 4 aromatic carbocycles. The number of fused-ring (bicyclic) bond motifs is 1. The Hall–Kier alpha value is -4.66. The Labute approximate surface area is 275 Å². The highest BCUT2D eigenvalue weighted by Gasteiger charge is 2.27. The van der Waals surface area contributed by atoms with Gasteiger partial charge in [-0.25, -0.2) is 4.39 Å². The van der Waals surface area contributed by atoms with E-state index < -0.39 is 11.9 Å². The molecule has 0 bridgehead atoms. The lowest BCUT2D eigenvalue weighted by atomic mass is 9.99. The summed E-state index contributed by atoms with van der Waals surface area (Å²) in [4.78, 5) is 24.8. The lowest BCUT2D eigenvalue weighted by Gasteiger charge is -2.42. The van der Waals surface area contributed by atoms with Gasteiger partial charge in [-0.3, -0.25) is 9.69 Å². The molecule has 0 radical (unpaired) electrons. The average Bonchev–Trinajstić information content (AvgIpc) is 3.55. The lowest BCUT2D eigenvalue weighted by molar-refractivity contribution is 0.0942. The normalized spacial score (nSPS) is 17.1. The highest BCUT2D eigenvalue weighted by atomic mass is 19.1. The maximum atomic E-state index is 14.5. The largest absolute Gasteiger partial charge is 0.496 e. The number of H-pyrrole nitrogens is 1. The van der Waals surface area contributed by atoms with E-state index in [2.05, 4.69) is 56.3 Å². The van der Waals surface area contributed by atoms with E-state index in [0.29, 0.717) is 22.9 Å². The van der Waals surface area contributed by atoms with Crippen LogP contribution in [-0.2, 0) is 0 Å². The van der Waals surface area contributed by atoms with Gasteiger partial charge in [0.15, 0.2) is 0 Å². The number of carbonyl (C=O) groups is 1. The number of piperidine rings is 1. The monoisotopic (exact) mass is 631 g/mol. The van der Waals surface area contributed by atoms with Crippen LogP contribution in [0.5, 0.6) is 5.75 Å². The summed E-state index contributed by atoms with van der Waals surface area (Å²) in [6.45, 7) is 6.82. The average molecular weight is 632 g/mol. The Morgan fingerprint density at radius 2 is 1.62 bits per heavy atom. The lowest BCUT2D eigenvalue weighted by Crippen LogP contribution is -2.52. The molecule has 0 aliphatic carbocycles. The Bertz CT molecular complexity index is 1810. The number of aromatic nitrogens is 1. The first-order chi connectivity index (χ1) is 22.9. The van der Waals surface area contributed by atoms with Crippen molar-refractivity contribution >= 4 is 22.5 Å². The number of likely N-dealkylation sites (N-methyl/N-ethyl adjacent to an activating group) is 1. The third-order valence-electron chi connectivity index (χ3n) is 9.85. The number of aromatic amines is 1. The Morgan fingerprint density at radius 1 is 0.851 bits per heavy atom. The Kier molecular flexibility index (Phi) is 8.96.